The Hall–Kier alpha value is -3.29. The maximum absolute atomic E-state index is 12.7. The Bertz CT molecular complexity index is 945. The zero-order valence-corrected chi connectivity index (χ0v) is 16.0. The number of hydrogen-bond acceptors (Lipinski definition) is 6. The molecule has 0 unspecified atom stereocenters. The predicted molar refractivity (Wildman–Crippen MR) is 106 cm³/mol. The molecule has 0 saturated carbocycles. The Kier molecular flexibility index (Phi) is 5.01. The lowest BCUT2D eigenvalue weighted by Crippen LogP contribution is -2.38. The first kappa shape index (κ1) is 18.1. The number of benzene rings is 1. The summed E-state index contributed by atoms with van der Waals surface area (Å²) in [4.78, 5) is 18.8. The number of amides is 1. The Morgan fingerprint density at radius 1 is 1.07 bits per heavy atom. The van der Waals surface area contributed by atoms with E-state index in [0.717, 1.165) is 48.6 Å². The molecule has 1 aliphatic rings. The summed E-state index contributed by atoms with van der Waals surface area (Å²) in [6.45, 7) is 5.60. The molecule has 0 radical (unpaired) electrons. The first-order valence-corrected chi connectivity index (χ1v) is 9.42. The Labute approximate surface area is 163 Å². The number of hydrogen-bond donors (Lipinski definition) is 1. The summed E-state index contributed by atoms with van der Waals surface area (Å²) in [7, 11) is 0. The normalized spacial score (nSPS) is 14.9. The van der Waals surface area contributed by atoms with Gasteiger partial charge in [0.15, 0.2) is 11.6 Å². The van der Waals surface area contributed by atoms with Crippen molar-refractivity contribution in [3.8, 4) is 5.82 Å². The van der Waals surface area contributed by atoms with Crippen molar-refractivity contribution in [1.82, 2.24) is 25.0 Å². The highest BCUT2D eigenvalue weighted by Gasteiger charge is 2.26. The fourth-order valence-electron chi connectivity index (χ4n) is 3.41. The minimum absolute atomic E-state index is 0.0125. The van der Waals surface area contributed by atoms with Crippen LogP contribution in [0.4, 0.5) is 11.5 Å². The molecule has 8 heteroatoms. The molecule has 0 atom stereocenters. The molecule has 0 aliphatic carbocycles. The van der Waals surface area contributed by atoms with Crippen LogP contribution in [0.3, 0.4) is 0 Å². The van der Waals surface area contributed by atoms with Crippen LogP contribution in [0.2, 0.25) is 0 Å². The van der Waals surface area contributed by atoms with Crippen molar-refractivity contribution in [3.05, 3.63) is 54.1 Å². The summed E-state index contributed by atoms with van der Waals surface area (Å²) in [5.41, 5.74) is 3.13. The Balaban J connectivity index is 1.35. The fraction of sp³-hybridized carbons (Fsp3) is 0.350. The van der Waals surface area contributed by atoms with Gasteiger partial charge in [-0.15, -0.1) is 10.2 Å². The van der Waals surface area contributed by atoms with Gasteiger partial charge in [0.05, 0.1) is 0 Å². The molecule has 144 valence electrons. The van der Waals surface area contributed by atoms with Crippen molar-refractivity contribution in [3.63, 3.8) is 0 Å². The third-order valence-corrected chi connectivity index (χ3v) is 5.13. The predicted octanol–water partition coefficient (Wildman–Crippen LogP) is 2.53. The molecule has 3 heterocycles. The third kappa shape index (κ3) is 3.85. The first-order chi connectivity index (χ1) is 13.6. The van der Waals surface area contributed by atoms with Crippen molar-refractivity contribution < 1.29 is 4.79 Å². The number of anilines is 2. The highest BCUT2D eigenvalue weighted by molar-refractivity contribution is 5.93. The van der Waals surface area contributed by atoms with Gasteiger partial charge in [0.1, 0.15) is 12.7 Å². The zero-order valence-electron chi connectivity index (χ0n) is 16.0. The molecule has 28 heavy (non-hydrogen) atoms. The van der Waals surface area contributed by atoms with Crippen LogP contribution in [-0.4, -0.2) is 44.0 Å². The van der Waals surface area contributed by atoms with Crippen molar-refractivity contribution in [2.75, 3.05) is 23.3 Å². The monoisotopic (exact) mass is 377 g/mol. The van der Waals surface area contributed by atoms with Gasteiger partial charge in [0.25, 0.3) is 0 Å². The number of aryl methyl sites for hydroxylation is 2. The van der Waals surface area contributed by atoms with E-state index in [-0.39, 0.29) is 11.8 Å². The van der Waals surface area contributed by atoms with E-state index in [4.69, 9.17) is 0 Å². The van der Waals surface area contributed by atoms with Crippen LogP contribution in [0.1, 0.15) is 24.0 Å². The van der Waals surface area contributed by atoms with Gasteiger partial charge in [-0.05, 0) is 56.0 Å². The number of piperidine rings is 1. The molecule has 1 saturated heterocycles. The average Bonchev–Trinajstić information content (AvgIpc) is 3.26. The van der Waals surface area contributed by atoms with Gasteiger partial charge in [-0.3, -0.25) is 4.79 Å². The lowest BCUT2D eigenvalue weighted by molar-refractivity contribution is -0.120. The number of nitrogens with zero attached hydrogens (tertiary/aromatic N) is 6. The van der Waals surface area contributed by atoms with Gasteiger partial charge >= 0.3 is 0 Å². The van der Waals surface area contributed by atoms with Crippen LogP contribution in [0.25, 0.3) is 5.82 Å². The molecular formula is C20H23N7O. The summed E-state index contributed by atoms with van der Waals surface area (Å²) in [6, 6.07) is 9.92. The van der Waals surface area contributed by atoms with Crippen LogP contribution in [0.15, 0.2) is 43.0 Å². The third-order valence-electron chi connectivity index (χ3n) is 5.13. The standard InChI is InChI=1S/C20H23N7O/c1-14-3-4-15(2)17(11-14)23-20(28)16-7-9-26(10-8-16)18-5-6-19(25-24-18)27-13-21-12-22-27/h3-6,11-13,16H,7-10H2,1-2H3,(H,23,28). The van der Waals surface area contributed by atoms with Crippen LogP contribution < -0.4 is 10.2 Å². The topological polar surface area (TPSA) is 88.8 Å². The SMILES string of the molecule is Cc1ccc(C)c(NC(=O)C2CCN(c3ccc(-n4cncn4)nn3)CC2)c1. The molecule has 2 aromatic heterocycles. The van der Waals surface area contributed by atoms with E-state index in [2.05, 4.69) is 36.6 Å². The van der Waals surface area contributed by atoms with Crippen molar-refractivity contribution in [2.24, 2.45) is 5.92 Å². The maximum atomic E-state index is 12.7. The van der Waals surface area contributed by atoms with Gasteiger partial charge < -0.3 is 10.2 Å². The van der Waals surface area contributed by atoms with E-state index < -0.39 is 0 Å². The van der Waals surface area contributed by atoms with Crippen LogP contribution in [0, 0.1) is 19.8 Å². The van der Waals surface area contributed by atoms with Crippen molar-refractivity contribution >= 4 is 17.4 Å². The quantitative estimate of drug-likeness (QED) is 0.752. The highest BCUT2D eigenvalue weighted by Crippen LogP contribution is 2.24. The number of aromatic nitrogens is 5. The maximum Gasteiger partial charge on any atom is 0.227 e. The van der Waals surface area contributed by atoms with E-state index in [1.54, 1.807) is 11.0 Å². The number of nitrogens with one attached hydrogen (secondary N) is 1. The second-order valence-corrected chi connectivity index (χ2v) is 7.16. The molecule has 0 spiro atoms. The zero-order chi connectivity index (χ0) is 19.5. The molecule has 1 aliphatic heterocycles. The van der Waals surface area contributed by atoms with Crippen molar-refractivity contribution in [2.45, 2.75) is 26.7 Å². The summed E-state index contributed by atoms with van der Waals surface area (Å²) in [5.74, 6) is 1.56. The number of rotatable bonds is 4. The molecule has 8 nitrogen and oxygen atoms in total. The molecule has 1 amide bonds. The second-order valence-electron chi connectivity index (χ2n) is 7.16. The second kappa shape index (κ2) is 7.75. The molecule has 4 rings (SSSR count). The number of carbonyl (C=O) groups excluding carboxylic acids is 1. The van der Waals surface area contributed by atoms with Crippen molar-refractivity contribution in [1.29, 1.82) is 0 Å². The van der Waals surface area contributed by atoms with E-state index in [9.17, 15) is 4.79 Å². The van der Waals surface area contributed by atoms with Gasteiger partial charge in [0, 0.05) is 24.7 Å². The smallest absolute Gasteiger partial charge is 0.227 e. The van der Waals surface area contributed by atoms with Gasteiger partial charge in [-0.25, -0.2) is 9.67 Å². The fourth-order valence-corrected chi connectivity index (χ4v) is 3.41. The average molecular weight is 377 g/mol. The summed E-state index contributed by atoms with van der Waals surface area (Å²) in [5, 5.41) is 15.7. The Morgan fingerprint density at radius 3 is 2.50 bits per heavy atom. The van der Waals surface area contributed by atoms with E-state index in [1.165, 1.54) is 6.33 Å². The lowest BCUT2D eigenvalue weighted by Gasteiger charge is -2.32. The molecule has 1 N–H and O–H groups in total. The molecule has 1 aromatic carbocycles. The summed E-state index contributed by atoms with van der Waals surface area (Å²) in [6.07, 6.45) is 4.64. The van der Waals surface area contributed by atoms with Gasteiger partial charge in [-0.1, -0.05) is 12.1 Å². The van der Waals surface area contributed by atoms with E-state index in [0.29, 0.717) is 5.82 Å². The van der Waals surface area contributed by atoms with E-state index >= 15 is 0 Å². The largest absolute Gasteiger partial charge is 0.355 e. The molecule has 0 bridgehead atoms. The summed E-state index contributed by atoms with van der Waals surface area (Å²) >= 11 is 0. The molecule has 1 fully saturated rings. The van der Waals surface area contributed by atoms with Gasteiger partial charge in [-0.2, -0.15) is 5.10 Å². The Morgan fingerprint density at radius 2 is 1.82 bits per heavy atom. The number of carbonyl (C=O) groups is 1. The highest BCUT2D eigenvalue weighted by atomic mass is 16.1. The van der Waals surface area contributed by atoms with Crippen LogP contribution in [0.5, 0.6) is 0 Å². The van der Waals surface area contributed by atoms with E-state index in [1.807, 2.05) is 38.1 Å². The molecule has 3 aromatic rings. The molecular weight excluding hydrogens is 354 g/mol. The summed E-state index contributed by atoms with van der Waals surface area (Å²) < 4.78 is 1.57. The minimum atomic E-state index is 0.0125. The van der Waals surface area contributed by atoms with Crippen LogP contribution >= 0.6 is 0 Å². The van der Waals surface area contributed by atoms with Gasteiger partial charge in [0.2, 0.25) is 5.91 Å². The van der Waals surface area contributed by atoms with Crippen LogP contribution in [-0.2, 0) is 4.79 Å². The first-order valence-electron chi connectivity index (χ1n) is 9.42. The minimum Gasteiger partial charge on any atom is -0.355 e. The lowest BCUT2D eigenvalue weighted by atomic mass is 9.95.